The zero-order valence-electron chi connectivity index (χ0n) is 18.2. The van der Waals surface area contributed by atoms with Crippen LogP contribution in [0.1, 0.15) is 46.4 Å². The van der Waals surface area contributed by atoms with Crippen LogP contribution in [0.2, 0.25) is 0 Å². The summed E-state index contributed by atoms with van der Waals surface area (Å²) in [5, 5.41) is 5.28. The largest absolute Gasteiger partial charge is 0.382 e. The second-order valence-electron chi connectivity index (χ2n) is 8.35. The summed E-state index contributed by atoms with van der Waals surface area (Å²) in [5.74, 6) is -2.16. The Hall–Kier alpha value is -3.31. The fraction of sp³-hybridized carbons (Fsp3) is 0.500. The van der Waals surface area contributed by atoms with E-state index in [4.69, 9.17) is 10.5 Å². The highest BCUT2D eigenvalue weighted by Gasteiger charge is 2.45. The predicted molar refractivity (Wildman–Crippen MR) is 116 cm³/mol. The summed E-state index contributed by atoms with van der Waals surface area (Å²) in [6, 6.07) is 3.92. The van der Waals surface area contributed by atoms with Crippen molar-refractivity contribution < 1.29 is 28.7 Å². The Morgan fingerprint density at radius 3 is 2.70 bits per heavy atom. The van der Waals surface area contributed by atoms with Crippen LogP contribution < -0.4 is 16.4 Å². The van der Waals surface area contributed by atoms with E-state index in [1.807, 2.05) is 0 Å². The third kappa shape index (κ3) is 4.74. The number of likely N-dealkylation sites (tertiary alicyclic amines) is 1. The Morgan fingerprint density at radius 2 is 1.97 bits per heavy atom. The van der Waals surface area contributed by atoms with Gasteiger partial charge in [-0.05, 0) is 25.0 Å². The van der Waals surface area contributed by atoms with E-state index in [-0.39, 0.29) is 48.9 Å². The monoisotopic (exact) mass is 457 g/mol. The van der Waals surface area contributed by atoms with E-state index in [0.717, 1.165) is 11.3 Å². The molecule has 3 aliphatic heterocycles. The molecule has 2 saturated heterocycles. The van der Waals surface area contributed by atoms with Crippen molar-refractivity contribution in [1.82, 2.24) is 15.1 Å². The van der Waals surface area contributed by atoms with Gasteiger partial charge in [0.15, 0.2) is 0 Å². The Labute approximate surface area is 190 Å². The van der Waals surface area contributed by atoms with Gasteiger partial charge in [0, 0.05) is 37.8 Å². The molecule has 0 aliphatic carbocycles. The lowest BCUT2D eigenvalue weighted by molar-refractivity contribution is -0.136. The van der Waals surface area contributed by atoms with Crippen LogP contribution in [0.15, 0.2) is 18.2 Å². The Balaban J connectivity index is 1.29. The number of ether oxygens (including phenoxy) is 1. The van der Waals surface area contributed by atoms with Crippen LogP contribution in [-0.4, -0.2) is 84.3 Å². The van der Waals surface area contributed by atoms with Crippen molar-refractivity contribution in [3.63, 3.8) is 0 Å². The first-order valence-corrected chi connectivity index (χ1v) is 11.1. The molecule has 0 aromatic heterocycles. The maximum absolute atomic E-state index is 13.0. The summed E-state index contributed by atoms with van der Waals surface area (Å²) < 4.78 is 5.53. The number of piperidine rings is 1. The van der Waals surface area contributed by atoms with Crippen LogP contribution in [0.4, 0.5) is 5.69 Å². The van der Waals surface area contributed by atoms with Gasteiger partial charge >= 0.3 is 0 Å². The predicted octanol–water partition coefficient (Wildman–Crippen LogP) is -0.534. The van der Waals surface area contributed by atoms with Gasteiger partial charge in [-0.2, -0.15) is 0 Å². The van der Waals surface area contributed by atoms with Gasteiger partial charge in [0.1, 0.15) is 6.04 Å². The molecule has 11 heteroatoms. The summed E-state index contributed by atoms with van der Waals surface area (Å²) in [6.45, 7) is 2.21. The summed E-state index contributed by atoms with van der Waals surface area (Å²) in [5.41, 5.74) is 6.70. The third-order valence-electron chi connectivity index (χ3n) is 6.07. The first kappa shape index (κ1) is 22.9. The third-order valence-corrected chi connectivity index (χ3v) is 6.07. The van der Waals surface area contributed by atoms with Crippen LogP contribution in [0.3, 0.4) is 0 Å². The van der Waals surface area contributed by atoms with Gasteiger partial charge < -0.3 is 20.7 Å². The minimum absolute atomic E-state index is 0.0226. The fourth-order valence-corrected chi connectivity index (χ4v) is 4.35. The number of nitrogens with two attached hydrogens (primary N) is 1. The second kappa shape index (κ2) is 9.67. The van der Waals surface area contributed by atoms with Crippen molar-refractivity contribution in [3.8, 4) is 0 Å². The SMILES string of the molecule is NC1CCN(C(=O)CCOCCNc2cccc3c2C(=O)N(C2CCC(=O)NC2=O)C3=O)C1. The van der Waals surface area contributed by atoms with Crippen molar-refractivity contribution in [3.05, 3.63) is 29.3 Å². The molecule has 0 bridgehead atoms. The van der Waals surface area contributed by atoms with Gasteiger partial charge in [-0.15, -0.1) is 0 Å². The van der Waals surface area contributed by atoms with Crippen LogP contribution in [0, 0.1) is 0 Å². The van der Waals surface area contributed by atoms with Crippen molar-refractivity contribution in [1.29, 1.82) is 0 Å². The van der Waals surface area contributed by atoms with E-state index >= 15 is 0 Å². The van der Waals surface area contributed by atoms with Crippen LogP contribution >= 0.6 is 0 Å². The number of fused-ring (bicyclic) bond motifs is 1. The average molecular weight is 457 g/mol. The minimum atomic E-state index is -1.01. The molecular weight excluding hydrogens is 430 g/mol. The first-order valence-electron chi connectivity index (χ1n) is 11.1. The number of rotatable bonds is 8. The number of benzene rings is 1. The first-order chi connectivity index (χ1) is 15.9. The molecule has 4 rings (SSSR count). The fourth-order valence-electron chi connectivity index (χ4n) is 4.35. The molecule has 2 fully saturated rings. The smallest absolute Gasteiger partial charge is 0.264 e. The van der Waals surface area contributed by atoms with Gasteiger partial charge in [0.25, 0.3) is 11.8 Å². The lowest BCUT2D eigenvalue weighted by Crippen LogP contribution is -2.54. The summed E-state index contributed by atoms with van der Waals surface area (Å²) in [6.07, 6.45) is 1.27. The molecule has 1 aromatic carbocycles. The second-order valence-corrected chi connectivity index (χ2v) is 8.35. The number of carbonyl (C=O) groups is 5. The quantitative estimate of drug-likeness (QED) is 0.348. The van der Waals surface area contributed by atoms with Crippen molar-refractivity contribution in [2.24, 2.45) is 5.73 Å². The molecule has 176 valence electrons. The number of nitrogens with zero attached hydrogens (tertiary/aromatic N) is 2. The zero-order valence-corrected chi connectivity index (χ0v) is 18.2. The molecule has 3 aliphatic rings. The Kier molecular flexibility index (Phi) is 6.70. The Bertz CT molecular complexity index is 995. The van der Waals surface area contributed by atoms with Gasteiger partial charge in [0.2, 0.25) is 17.7 Å². The van der Waals surface area contributed by atoms with Gasteiger partial charge in [-0.25, -0.2) is 0 Å². The number of nitrogens with one attached hydrogen (secondary N) is 2. The molecule has 0 radical (unpaired) electrons. The average Bonchev–Trinajstić information content (AvgIpc) is 3.33. The number of anilines is 1. The molecule has 3 heterocycles. The maximum Gasteiger partial charge on any atom is 0.264 e. The van der Waals surface area contributed by atoms with Crippen molar-refractivity contribution in [2.45, 2.75) is 37.8 Å². The number of carbonyl (C=O) groups excluding carboxylic acids is 5. The van der Waals surface area contributed by atoms with E-state index in [0.29, 0.717) is 31.9 Å². The van der Waals surface area contributed by atoms with E-state index in [9.17, 15) is 24.0 Å². The van der Waals surface area contributed by atoms with Gasteiger partial charge in [0.05, 0.1) is 30.8 Å². The molecule has 1 aromatic rings. The minimum Gasteiger partial charge on any atom is -0.382 e. The van der Waals surface area contributed by atoms with Crippen LogP contribution in [0.25, 0.3) is 0 Å². The van der Waals surface area contributed by atoms with Crippen molar-refractivity contribution >= 4 is 35.2 Å². The normalized spacial score (nSPS) is 22.6. The molecule has 2 unspecified atom stereocenters. The highest BCUT2D eigenvalue weighted by Crippen LogP contribution is 2.32. The van der Waals surface area contributed by atoms with Gasteiger partial charge in [-0.3, -0.25) is 34.2 Å². The molecule has 33 heavy (non-hydrogen) atoms. The molecular formula is C22H27N5O6. The lowest BCUT2D eigenvalue weighted by atomic mass is 10.0. The standard InChI is InChI=1S/C22H27N5O6/c23-13-6-9-26(12-13)18(29)7-10-33-11-8-24-15-3-1-2-14-19(15)22(32)27(21(14)31)16-4-5-17(28)25-20(16)30/h1-3,13,16,24H,4-12,23H2,(H,25,28,30). The molecule has 11 nitrogen and oxygen atoms in total. The maximum atomic E-state index is 13.0. The topological polar surface area (TPSA) is 151 Å². The highest BCUT2D eigenvalue weighted by molar-refractivity contribution is 6.25. The molecule has 4 N–H and O–H groups in total. The van der Waals surface area contributed by atoms with E-state index in [1.54, 1.807) is 23.1 Å². The van der Waals surface area contributed by atoms with E-state index in [2.05, 4.69) is 10.6 Å². The summed E-state index contributed by atoms with van der Waals surface area (Å²) in [7, 11) is 0. The molecule has 2 atom stereocenters. The number of amides is 5. The molecule has 0 spiro atoms. The zero-order chi connectivity index (χ0) is 23.5. The van der Waals surface area contributed by atoms with E-state index < -0.39 is 29.7 Å². The van der Waals surface area contributed by atoms with Crippen LogP contribution in [-0.2, 0) is 19.1 Å². The lowest BCUT2D eigenvalue weighted by Gasteiger charge is -2.27. The molecule has 0 saturated carbocycles. The number of imide groups is 2. The Morgan fingerprint density at radius 1 is 1.15 bits per heavy atom. The number of hydrogen-bond donors (Lipinski definition) is 3. The van der Waals surface area contributed by atoms with Crippen LogP contribution in [0.5, 0.6) is 0 Å². The summed E-state index contributed by atoms with van der Waals surface area (Å²) in [4.78, 5) is 64.3. The van der Waals surface area contributed by atoms with E-state index in [1.165, 1.54) is 0 Å². The number of hydrogen-bond acceptors (Lipinski definition) is 8. The molecule has 5 amide bonds. The van der Waals surface area contributed by atoms with Crippen molar-refractivity contribution in [2.75, 3.05) is 38.2 Å². The summed E-state index contributed by atoms with van der Waals surface area (Å²) >= 11 is 0. The van der Waals surface area contributed by atoms with Gasteiger partial charge in [-0.1, -0.05) is 6.07 Å². The highest BCUT2D eigenvalue weighted by atomic mass is 16.5.